The Hall–Kier alpha value is -2.94. The van der Waals surface area contributed by atoms with Gasteiger partial charge in [0.05, 0.1) is 28.2 Å². The van der Waals surface area contributed by atoms with Gasteiger partial charge < -0.3 is 4.74 Å². The molecule has 2 aromatic rings. The molecule has 0 aromatic heterocycles. The van der Waals surface area contributed by atoms with Gasteiger partial charge in [-0.3, -0.25) is 14.8 Å². The van der Waals surface area contributed by atoms with Crippen LogP contribution in [0.15, 0.2) is 47.4 Å². The number of ether oxygens (including phenoxy) is 1. The predicted molar refractivity (Wildman–Crippen MR) is 86.4 cm³/mol. The van der Waals surface area contributed by atoms with E-state index in [2.05, 4.69) is 9.46 Å². The third-order valence-electron chi connectivity index (χ3n) is 3.21. The van der Waals surface area contributed by atoms with Gasteiger partial charge in [-0.25, -0.2) is 13.2 Å². The molecular formula is C15H14N2O6S. The zero-order chi connectivity index (χ0) is 17.9. The fraction of sp³-hybridized carbons (Fsp3) is 0.133. The summed E-state index contributed by atoms with van der Waals surface area (Å²) in [6, 6.07) is 9.25. The van der Waals surface area contributed by atoms with Crippen LogP contribution in [-0.4, -0.2) is 26.4 Å². The summed E-state index contributed by atoms with van der Waals surface area (Å²) in [6.45, 7) is 1.57. The van der Waals surface area contributed by atoms with Crippen molar-refractivity contribution < 1.29 is 22.9 Å². The van der Waals surface area contributed by atoms with E-state index in [1.54, 1.807) is 6.92 Å². The topological polar surface area (TPSA) is 116 Å². The molecule has 0 heterocycles. The number of carbonyl (C=O) groups excluding carboxylic acids is 1. The summed E-state index contributed by atoms with van der Waals surface area (Å²) in [7, 11) is -2.84. The molecule has 0 bridgehead atoms. The highest BCUT2D eigenvalue weighted by Gasteiger charge is 2.20. The number of esters is 1. The number of anilines is 1. The summed E-state index contributed by atoms with van der Waals surface area (Å²) in [5, 5.41) is 10.8. The Balaban J connectivity index is 2.42. The highest BCUT2D eigenvalue weighted by Crippen LogP contribution is 2.23. The van der Waals surface area contributed by atoms with Crippen molar-refractivity contribution in [1.29, 1.82) is 0 Å². The lowest BCUT2D eigenvalue weighted by Crippen LogP contribution is -2.15. The van der Waals surface area contributed by atoms with Gasteiger partial charge in [-0.05, 0) is 30.7 Å². The largest absolute Gasteiger partial charge is 0.465 e. The molecule has 2 aromatic carbocycles. The van der Waals surface area contributed by atoms with Crippen molar-refractivity contribution >= 4 is 27.4 Å². The molecule has 0 aliphatic rings. The molecule has 0 aliphatic carbocycles. The maximum atomic E-state index is 12.5. The molecule has 0 spiro atoms. The van der Waals surface area contributed by atoms with Gasteiger partial charge in [0.1, 0.15) is 0 Å². The van der Waals surface area contributed by atoms with Gasteiger partial charge in [-0.15, -0.1) is 0 Å². The van der Waals surface area contributed by atoms with Crippen LogP contribution in [0.3, 0.4) is 0 Å². The second-order valence-electron chi connectivity index (χ2n) is 4.88. The summed E-state index contributed by atoms with van der Waals surface area (Å²) in [5.41, 5.74) is 0.311. The number of hydrogen-bond acceptors (Lipinski definition) is 6. The zero-order valence-electron chi connectivity index (χ0n) is 12.8. The highest BCUT2D eigenvalue weighted by atomic mass is 32.2. The van der Waals surface area contributed by atoms with Crippen LogP contribution in [0.5, 0.6) is 0 Å². The average Bonchev–Trinajstić information content (AvgIpc) is 2.54. The Kier molecular flexibility index (Phi) is 4.84. The van der Waals surface area contributed by atoms with Crippen LogP contribution in [0.25, 0.3) is 0 Å². The van der Waals surface area contributed by atoms with E-state index in [0.717, 1.165) is 6.07 Å². The summed E-state index contributed by atoms with van der Waals surface area (Å²) in [4.78, 5) is 21.6. The second kappa shape index (κ2) is 6.67. The normalized spacial score (nSPS) is 10.9. The van der Waals surface area contributed by atoms with Gasteiger partial charge in [0.25, 0.3) is 15.7 Å². The van der Waals surface area contributed by atoms with Crippen LogP contribution in [-0.2, 0) is 14.8 Å². The van der Waals surface area contributed by atoms with Gasteiger partial charge in [0.15, 0.2) is 0 Å². The minimum absolute atomic E-state index is 0.0482. The van der Waals surface area contributed by atoms with E-state index in [9.17, 15) is 23.3 Å². The van der Waals surface area contributed by atoms with Crippen molar-refractivity contribution in [3.63, 3.8) is 0 Å². The van der Waals surface area contributed by atoms with E-state index in [4.69, 9.17) is 0 Å². The first-order chi connectivity index (χ1) is 11.2. The molecular weight excluding hydrogens is 336 g/mol. The van der Waals surface area contributed by atoms with Crippen molar-refractivity contribution in [1.82, 2.24) is 0 Å². The number of benzene rings is 2. The van der Waals surface area contributed by atoms with E-state index >= 15 is 0 Å². The quantitative estimate of drug-likeness (QED) is 0.503. The summed E-state index contributed by atoms with van der Waals surface area (Å²) < 4.78 is 31.9. The maximum absolute atomic E-state index is 12.5. The molecule has 0 aliphatic heterocycles. The van der Waals surface area contributed by atoms with Crippen LogP contribution in [0, 0.1) is 17.0 Å². The minimum atomic E-state index is -4.03. The molecule has 126 valence electrons. The van der Waals surface area contributed by atoms with Gasteiger partial charge in [-0.1, -0.05) is 12.1 Å². The van der Waals surface area contributed by atoms with Gasteiger partial charge in [0, 0.05) is 12.1 Å². The molecule has 0 amide bonds. The van der Waals surface area contributed by atoms with Crippen LogP contribution in [0.2, 0.25) is 0 Å². The van der Waals surface area contributed by atoms with E-state index in [1.807, 2.05) is 0 Å². The Labute approximate surface area is 138 Å². The maximum Gasteiger partial charge on any atom is 0.337 e. The van der Waals surface area contributed by atoms with Gasteiger partial charge in [-0.2, -0.15) is 0 Å². The monoisotopic (exact) mass is 350 g/mol. The first-order valence-electron chi connectivity index (χ1n) is 6.71. The Morgan fingerprint density at radius 3 is 2.54 bits per heavy atom. The number of sulfonamides is 1. The predicted octanol–water partition coefficient (Wildman–Crippen LogP) is 2.49. The molecule has 8 nitrogen and oxygen atoms in total. The molecule has 9 heteroatoms. The number of nitrogens with one attached hydrogen (secondary N) is 1. The smallest absolute Gasteiger partial charge is 0.337 e. The average molecular weight is 350 g/mol. The van der Waals surface area contributed by atoms with E-state index < -0.39 is 20.9 Å². The first kappa shape index (κ1) is 17.4. The van der Waals surface area contributed by atoms with Gasteiger partial charge >= 0.3 is 5.97 Å². The molecule has 0 saturated carbocycles. The van der Waals surface area contributed by atoms with Crippen molar-refractivity contribution in [3.05, 3.63) is 63.7 Å². The van der Waals surface area contributed by atoms with E-state index in [-0.39, 0.29) is 21.8 Å². The number of non-ortho nitro benzene ring substituents is 1. The van der Waals surface area contributed by atoms with Crippen molar-refractivity contribution in [2.45, 2.75) is 11.8 Å². The lowest BCUT2D eigenvalue weighted by molar-refractivity contribution is -0.384. The standard InChI is InChI=1S/C15H14N2O6S/c1-10-6-7-11(15(18)23-2)8-14(10)24(21,22)16-12-4-3-5-13(9-12)17(19)20/h3-9,16H,1-2H3. The highest BCUT2D eigenvalue weighted by molar-refractivity contribution is 7.92. The number of nitro benzene ring substituents is 1. The molecule has 1 N–H and O–H groups in total. The third kappa shape index (κ3) is 3.69. The number of hydrogen-bond donors (Lipinski definition) is 1. The number of carbonyl (C=O) groups is 1. The number of aryl methyl sites for hydroxylation is 1. The fourth-order valence-electron chi connectivity index (χ4n) is 2.03. The number of nitrogens with zero attached hydrogens (tertiary/aromatic N) is 1. The van der Waals surface area contributed by atoms with Crippen molar-refractivity contribution in [2.24, 2.45) is 0 Å². The SMILES string of the molecule is COC(=O)c1ccc(C)c(S(=O)(=O)Nc2cccc([N+](=O)[O-])c2)c1. The van der Waals surface area contributed by atoms with Crippen molar-refractivity contribution in [3.8, 4) is 0 Å². The van der Waals surface area contributed by atoms with Crippen LogP contribution in [0.4, 0.5) is 11.4 Å². The minimum Gasteiger partial charge on any atom is -0.465 e. The number of nitro groups is 1. The summed E-state index contributed by atoms with van der Waals surface area (Å²) in [5.74, 6) is -0.665. The van der Waals surface area contributed by atoms with Crippen LogP contribution >= 0.6 is 0 Å². The third-order valence-corrected chi connectivity index (χ3v) is 4.73. The Morgan fingerprint density at radius 2 is 1.92 bits per heavy atom. The Morgan fingerprint density at radius 1 is 1.21 bits per heavy atom. The lowest BCUT2D eigenvalue weighted by Gasteiger charge is -2.11. The molecule has 24 heavy (non-hydrogen) atoms. The first-order valence-corrected chi connectivity index (χ1v) is 8.19. The summed E-state index contributed by atoms with van der Waals surface area (Å²) in [6.07, 6.45) is 0. The number of methoxy groups -OCH3 is 1. The zero-order valence-corrected chi connectivity index (χ0v) is 13.7. The molecule has 0 unspecified atom stereocenters. The van der Waals surface area contributed by atoms with Gasteiger partial charge in [0.2, 0.25) is 0 Å². The molecule has 0 atom stereocenters. The number of rotatable bonds is 5. The Bertz CT molecular complexity index is 908. The molecule has 2 rings (SSSR count). The van der Waals surface area contributed by atoms with Crippen LogP contribution < -0.4 is 4.72 Å². The second-order valence-corrected chi connectivity index (χ2v) is 6.54. The summed E-state index contributed by atoms with van der Waals surface area (Å²) >= 11 is 0. The van der Waals surface area contributed by atoms with E-state index in [0.29, 0.717) is 5.56 Å². The van der Waals surface area contributed by atoms with Crippen molar-refractivity contribution in [2.75, 3.05) is 11.8 Å². The molecule has 0 fully saturated rings. The molecule has 0 saturated heterocycles. The van der Waals surface area contributed by atoms with Crippen LogP contribution in [0.1, 0.15) is 15.9 Å². The van der Waals surface area contributed by atoms with E-state index in [1.165, 1.54) is 43.5 Å². The lowest BCUT2D eigenvalue weighted by atomic mass is 10.1. The molecule has 0 radical (unpaired) electrons. The fourth-order valence-corrected chi connectivity index (χ4v) is 3.35.